The van der Waals surface area contributed by atoms with Crippen LogP contribution in [0.4, 0.5) is 23.7 Å². The standard InChI is InChI=1S/C15H20ClF3N2O/c1-2-3-4-5-6-9-20-14(22)21-11-7-8-13(16)12(10-11)15(17,18)19/h7-8,10H,2-6,9H2,1H3,(H2,20,21,22). The predicted octanol–water partition coefficient (Wildman–Crippen LogP) is 5.45. The van der Waals surface area contributed by atoms with Crippen molar-refractivity contribution >= 4 is 23.3 Å². The van der Waals surface area contributed by atoms with E-state index in [-0.39, 0.29) is 5.69 Å². The van der Waals surface area contributed by atoms with Gasteiger partial charge in [0.25, 0.3) is 0 Å². The summed E-state index contributed by atoms with van der Waals surface area (Å²) < 4.78 is 38.1. The van der Waals surface area contributed by atoms with E-state index in [4.69, 9.17) is 11.6 Å². The van der Waals surface area contributed by atoms with Crippen LogP contribution >= 0.6 is 11.6 Å². The first-order chi connectivity index (χ1) is 10.3. The molecule has 1 aromatic carbocycles. The van der Waals surface area contributed by atoms with Crippen LogP contribution in [0.1, 0.15) is 44.6 Å². The minimum absolute atomic E-state index is 0.0557. The van der Waals surface area contributed by atoms with Crippen LogP contribution in [0.3, 0.4) is 0 Å². The maximum atomic E-state index is 12.7. The molecule has 0 aliphatic heterocycles. The molecule has 1 aromatic rings. The minimum Gasteiger partial charge on any atom is -0.338 e. The molecule has 0 fully saturated rings. The molecule has 1 rings (SSSR count). The summed E-state index contributed by atoms with van der Waals surface area (Å²) in [5.41, 5.74) is -0.910. The van der Waals surface area contributed by atoms with Crippen LogP contribution in [0, 0.1) is 0 Å². The summed E-state index contributed by atoms with van der Waals surface area (Å²) in [6, 6.07) is 2.75. The van der Waals surface area contributed by atoms with Gasteiger partial charge in [0, 0.05) is 12.2 Å². The van der Waals surface area contributed by atoms with Gasteiger partial charge in [-0.1, -0.05) is 44.2 Å². The van der Waals surface area contributed by atoms with Crippen molar-refractivity contribution in [3.8, 4) is 0 Å². The largest absolute Gasteiger partial charge is 0.417 e. The molecule has 0 aliphatic rings. The molecule has 0 atom stereocenters. The van der Waals surface area contributed by atoms with Crippen LogP contribution in [0.25, 0.3) is 0 Å². The fourth-order valence-corrected chi connectivity index (χ4v) is 2.15. The van der Waals surface area contributed by atoms with E-state index in [1.807, 2.05) is 0 Å². The molecule has 0 unspecified atom stereocenters. The molecule has 0 aliphatic carbocycles. The number of halogens is 4. The van der Waals surface area contributed by atoms with Crippen molar-refractivity contribution < 1.29 is 18.0 Å². The number of nitrogens with one attached hydrogen (secondary N) is 2. The molecule has 7 heteroatoms. The number of alkyl halides is 3. The molecule has 0 saturated heterocycles. The lowest BCUT2D eigenvalue weighted by atomic mass is 10.1. The maximum absolute atomic E-state index is 12.7. The third-order valence-corrected chi connectivity index (χ3v) is 3.43. The number of hydrogen-bond acceptors (Lipinski definition) is 1. The number of urea groups is 1. The van der Waals surface area contributed by atoms with Gasteiger partial charge in [0.15, 0.2) is 0 Å². The van der Waals surface area contributed by atoms with Crippen molar-refractivity contribution in [2.75, 3.05) is 11.9 Å². The van der Waals surface area contributed by atoms with Gasteiger partial charge < -0.3 is 10.6 Å². The number of carbonyl (C=O) groups excluding carboxylic acids is 1. The van der Waals surface area contributed by atoms with E-state index in [9.17, 15) is 18.0 Å². The van der Waals surface area contributed by atoms with Crippen LogP contribution < -0.4 is 10.6 Å². The highest BCUT2D eigenvalue weighted by molar-refractivity contribution is 6.31. The Kier molecular flexibility index (Phi) is 7.51. The number of hydrogen-bond donors (Lipinski definition) is 2. The summed E-state index contributed by atoms with van der Waals surface area (Å²) in [5, 5.41) is 4.60. The number of carbonyl (C=O) groups is 1. The second-order valence-electron chi connectivity index (χ2n) is 4.99. The van der Waals surface area contributed by atoms with E-state index in [2.05, 4.69) is 17.6 Å². The second kappa shape index (κ2) is 8.88. The Bertz CT molecular complexity index is 492. The van der Waals surface area contributed by atoms with Crippen molar-refractivity contribution in [3.05, 3.63) is 28.8 Å². The molecule has 0 heterocycles. The predicted molar refractivity (Wildman–Crippen MR) is 82.2 cm³/mol. The SMILES string of the molecule is CCCCCCCNC(=O)Nc1ccc(Cl)c(C(F)(F)F)c1. The van der Waals surface area contributed by atoms with E-state index in [0.29, 0.717) is 6.54 Å². The average Bonchev–Trinajstić information content (AvgIpc) is 2.43. The lowest BCUT2D eigenvalue weighted by molar-refractivity contribution is -0.137. The first-order valence-electron chi connectivity index (χ1n) is 7.26. The van der Waals surface area contributed by atoms with Gasteiger partial charge in [-0.25, -0.2) is 4.79 Å². The number of amides is 2. The third kappa shape index (κ3) is 6.56. The van der Waals surface area contributed by atoms with Crippen molar-refractivity contribution in [2.45, 2.75) is 45.2 Å². The van der Waals surface area contributed by atoms with Crippen molar-refractivity contribution in [2.24, 2.45) is 0 Å². The average molecular weight is 337 g/mol. The van der Waals surface area contributed by atoms with Gasteiger partial charge in [-0.15, -0.1) is 0 Å². The molecule has 0 spiro atoms. The van der Waals surface area contributed by atoms with Crippen LogP contribution in [-0.4, -0.2) is 12.6 Å². The highest BCUT2D eigenvalue weighted by Gasteiger charge is 2.33. The first kappa shape index (κ1) is 18.6. The van der Waals surface area contributed by atoms with Gasteiger partial charge in [0.2, 0.25) is 0 Å². The summed E-state index contributed by atoms with van der Waals surface area (Å²) in [6.07, 6.45) is 0.745. The molecular weight excluding hydrogens is 317 g/mol. The smallest absolute Gasteiger partial charge is 0.338 e. The molecule has 2 amide bonds. The molecule has 2 N–H and O–H groups in total. The Hall–Kier alpha value is -1.43. The number of rotatable bonds is 7. The molecule has 124 valence electrons. The Morgan fingerprint density at radius 1 is 1.18 bits per heavy atom. The Labute approximate surface area is 133 Å². The lowest BCUT2D eigenvalue weighted by Crippen LogP contribution is -2.29. The number of benzene rings is 1. The summed E-state index contributed by atoms with van der Waals surface area (Å²) in [7, 11) is 0. The normalized spacial score (nSPS) is 11.3. The second-order valence-corrected chi connectivity index (χ2v) is 5.39. The Morgan fingerprint density at radius 3 is 2.50 bits per heavy atom. The number of anilines is 1. The van der Waals surface area contributed by atoms with E-state index in [1.165, 1.54) is 6.07 Å². The first-order valence-corrected chi connectivity index (χ1v) is 7.64. The van der Waals surface area contributed by atoms with Crippen LogP contribution in [0.15, 0.2) is 18.2 Å². The zero-order chi connectivity index (χ0) is 16.6. The summed E-state index contributed by atoms with van der Waals surface area (Å²) in [6.45, 7) is 2.61. The van der Waals surface area contributed by atoms with E-state index in [1.54, 1.807) is 0 Å². The summed E-state index contributed by atoms with van der Waals surface area (Å²) in [4.78, 5) is 11.6. The minimum atomic E-state index is -4.55. The van der Waals surface area contributed by atoms with Crippen molar-refractivity contribution in [1.29, 1.82) is 0 Å². The highest BCUT2D eigenvalue weighted by atomic mass is 35.5. The van der Waals surface area contributed by atoms with Gasteiger partial charge in [-0.05, 0) is 24.6 Å². The molecule has 3 nitrogen and oxygen atoms in total. The van der Waals surface area contributed by atoms with Gasteiger partial charge in [0.05, 0.1) is 10.6 Å². The Balaban J connectivity index is 2.45. The van der Waals surface area contributed by atoms with Gasteiger partial charge in [-0.3, -0.25) is 0 Å². The fourth-order valence-electron chi connectivity index (χ4n) is 1.93. The zero-order valence-electron chi connectivity index (χ0n) is 12.4. The van der Waals surface area contributed by atoms with Crippen molar-refractivity contribution in [3.63, 3.8) is 0 Å². The zero-order valence-corrected chi connectivity index (χ0v) is 13.2. The fraction of sp³-hybridized carbons (Fsp3) is 0.533. The van der Waals surface area contributed by atoms with Crippen LogP contribution in [0.2, 0.25) is 5.02 Å². The molecule has 0 aromatic heterocycles. The Morgan fingerprint density at radius 2 is 1.86 bits per heavy atom. The van der Waals surface area contributed by atoms with Gasteiger partial charge >= 0.3 is 12.2 Å². The summed E-state index contributed by atoms with van der Waals surface area (Å²) in [5.74, 6) is 0. The quantitative estimate of drug-likeness (QED) is 0.638. The third-order valence-electron chi connectivity index (χ3n) is 3.10. The van der Waals surface area contributed by atoms with Crippen LogP contribution in [-0.2, 0) is 6.18 Å². The van der Waals surface area contributed by atoms with E-state index in [0.717, 1.165) is 44.2 Å². The lowest BCUT2D eigenvalue weighted by Gasteiger charge is -2.12. The van der Waals surface area contributed by atoms with Gasteiger partial charge in [-0.2, -0.15) is 13.2 Å². The topological polar surface area (TPSA) is 41.1 Å². The maximum Gasteiger partial charge on any atom is 0.417 e. The highest BCUT2D eigenvalue weighted by Crippen LogP contribution is 2.36. The monoisotopic (exact) mass is 336 g/mol. The van der Waals surface area contributed by atoms with Crippen LogP contribution in [0.5, 0.6) is 0 Å². The molecule has 22 heavy (non-hydrogen) atoms. The van der Waals surface area contributed by atoms with Crippen molar-refractivity contribution in [1.82, 2.24) is 5.32 Å². The van der Waals surface area contributed by atoms with Gasteiger partial charge in [0.1, 0.15) is 0 Å². The molecule has 0 radical (unpaired) electrons. The van der Waals surface area contributed by atoms with E-state index < -0.39 is 22.8 Å². The molecule has 0 saturated carbocycles. The van der Waals surface area contributed by atoms with E-state index >= 15 is 0 Å². The molecule has 0 bridgehead atoms. The molecular formula is C15H20ClF3N2O. The summed E-state index contributed by atoms with van der Waals surface area (Å²) >= 11 is 5.51. The number of unbranched alkanes of at least 4 members (excludes halogenated alkanes) is 4.